The predicted molar refractivity (Wildman–Crippen MR) is 96.4 cm³/mol. The van der Waals surface area contributed by atoms with Gasteiger partial charge in [-0.05, 0) is 26.0 Å². The Morgan fingerprint density at radius 1 is 1.19 bits per heavy atom. The molecular formula is C17H14N6O2S. The normalized spacial score (nSPS) is 10.8. The number of benzene rings is 1. The van der Waals surface area contributed by atoms with E-state index in [-0.39, 0.29) is 17.8 Å². The van der Waals surface area contributed by atoms with Gasteiger partial charge in [0.05, 0.1) is 28.1 Å². The van der Waals surface area contributed by atoms with Gasteiger partial charge in [-0.25, -0.2) is 9.67 Å². The highest BCUT2D eigenvalue weighted by Crippen LogP contribution is 2.22. The van der Waals surface area contributed by atoms with Crippen LogP contribution in [-0.4, -0.2) is 30.9 Å². The van der Waals surface area contributed by atoms with Gasteiger partial charge >= 0.3 is 6.01 Å². The van der Waals surface area contributed by atoms with Crippen molar-refractivity contribution in [3.05, 3.63) is 58.2 Å². The van der Waals surface area contributed by atoms with Crippen LogP contribution in [-0.2, 0) is 0 Å². The van der Waals surface area contributed by atoms with Gasteiger partial charge in [-0.2, -0.15) is 5.10 Å². The van der Waals surface area contributed by atoms with E-state index in [0.717, 1.165) is 10.7 Å². The van der Waals surface area contributed by atoms with E-state index in [1.165, 1.54) is 17.5 Å². The van der Waals surface area contributed by atoms with Crippen molar-refractivity contribution < 1.29 is 9.21 Å². The second-order valence-electron chi connectivity index (χ2n) is 5.51. The molecule has 0 aliphatic heterocycles. The SMILES string of the molecule is Cc1nc(-c2nnc(NC(=O)c3cnn(-c4ccccc4)c3C)o2)cs1. The third kappa shape index (κ3) is 3.00. The molecule has 0 radical (unpaired) electrons. The first-order chi connectivity index (χ1) is 12.6. The lowest BCUT2D eigenvalue weighted by Gasteiger charge is -2.04. The molecule has 8 nitrogen and oxygen atoms in total. The van der Waals surface area contributed by atoms with Crippen LogP contribution in [0.3, 0.4) is 0 Å². The molecule has 0 bridgehead atoms. The second kappa shape index (κ2) is 6.52. The van der Waals surface area contributed by atoms with Crippen LogP contribution in [0.4, 0.5) is 6.01 Å². The van der Waals surface area contributed by atoms with Gasteiger partial charge in [0.2, 0.25) is 0 Å². The minimum atomic E-state index is -0.366. The van der Waals surface area contributed by atoms with E-state index in [1.54, 1.807) is 4.68 Å². The van der Waals surface area contributed by atoms with Crippen LogP contribution in [0, 0.1) is 13.8 Å². The van der Waals surface area contributed by atoms with Gasteiger partial charge in [0.25, 0.3) is 11.8 Å². The van der Waals surface area contributed by atoms with E-state index in [0.29, 0.717) is 17.0 Å². The number of hydrogen-bond acceptors (Lipinski definition) is 7. The molecule has 0 atom stereocenters. The molecule has 0 aliphatic carbocycles. The summed E-state index contributed by atoms with van der Waals surface area (Å²) in [6.45, 7) is 3.71. The maximum atomic E-state index is 12.5. The van der Waals surface area contributed by atoms with E-state index >= 15 is 0 Å². The molecule has 1 N–H and O–H groups in total. The largest absolute Gasteiger partial charge is 0.401 e. The molecule has 26 heavy (non-hydrogen) atoms. The standard InChI is InChI=1S/C17H14N6O2S/c1-10-13(8-18-23(10)12-6-4-3-5-7-12)15(24)20-17-22-21-16(25-17)14-9-26-11(2)19-14/h3-9H,1-2H3,(H,20,22,24). The average Bonchev–Trinajstić information content (AvgIpc) is 3.36. The second-order valence-corrected chi connectivity index (χ2v) is 6.57. The lowest BCUT2D eigenvalue weighted by Crippen LogP contribution is -2.13. The Bertz CT molecular complexity index is 1070. The monoisotopic (exact) mass is 366 g/mol. The van der Waals surface area contributed by atoms with Crippen LogP contribution < -0.4 is 5.32 Å². The number of carbonyl (C=O) groups is 1. The highest BCUT2D eigenvalue weighted by Gasteiger charge is 2.18. The molecule has 1 aromatic carbocycles. The minimum Gasteiger partial charge on any atom is -0.401 e. The van der Waals surface area contributed by atoms with Crippen molar-refractivity contribution in [3.63, 3.8) is 0 Å². The van der Waals surface area contributed by atoms with Crippen LogP contribution in [0.25, 0.3) is 17.3 Å². The van der Waals surface area contributed by atoms with Crippen LogP contribution in [0.1, 0.15) is 21.1 Å². The lowest BCUT2D eigenvalue weighted by atomic mass is 10.2. The summed E-state index contributed by atoms with van der Waals surface area (Å²) in [6, 6.07) is 9.60. The molecule has 0 saturated carbocycles. The van der Waals surface area contributed by atoms with E-state index in [4.69, 9.17) is 4.42 Å². The summed E-state index contributed by atoms with van der Waals surface area (Å²) in [6.07, 6.45) is 1.51. The smallest absolute Gasteiger partial charge is 0.322 e. The number of nitrogens with one attached hydrogen (secondary N) is 1. The first-order valence-corrected chi connectivity index (χ1v) is 8.67. The molecule has 0 fully saturated rings. The maximum absolute atomic E-state index is 12.5. The summed E-state index contributed by atoms with van der Waals surface area (Å²) in [5, 5.41) is 17.4. The Morgan fingerprint density at radius 3 is 2.73 bits per heavy atom. The molecule has 9 heteroatoms. The molecule has 0 aliphatic rings. The fourth-order valence-corrected chi connectivity index (χ4v) is 3.05. The highest BCUT2D eigenvalue weighted by molar-refractivity contribution is 7.09. The molecule has 0 spiro atoms. The van der Waals surface area contributed by atoms with Crippen LogP contribution in [0.15, 0.2) is 46.3 Å². The fourth-order valence-electron chi connectivity index (χ4n) is 2.47. The quantitative estimate of drug-likeness (QED) is 0.595. The molecule has 0 saturated heterocycles. The van der Waals surface area contributed by atoms with Gasteiger partial charge < -0.3 is 4.42 Å². The number of amides is 1. The Morgan fingerprint density at radius 2 is 2.00 bits per heavy atom. The van der Waals surface area contributed by atoms with E-state index in [1.807, 2.05) is 49.6 Å². The van der Waals surface area contributed by atoms with Crippen molar-refractivity contribution in [2.45, 2.75) is 13.8 Å². The average molecular weight is 366 g/mol. The molecule has 4 aromatic rings. The maximum Gasteiger partial charge on any atom is 0.322 e. The van der Waals surface area contributed by atoms with E-state index in [2.05, 4.69) is 25.6 Å². The number of carbonyl (C=O) groups excluding carboxylic acids is 1. The van der Waals surface area contributed by atoms with Crippen molar-refractivity contribution in [1.29, 1.82) is 0 Å². The number of para-hydroxylation sites is 1. The van der Waals surface area contributed by atoms with Crippen molar-refractivity contribution in [3.8, 4) is 17.3 Å². The third-order valence-corrected chi connectivity index (χ3v) is 4.51. The van der Waals surface area contributed by atoms with Gasteiger partial charge in [0.1, 0.15) is 5.69 Å². The topological polar surface area (TPSA) is 98.7 Å². The van der Waals surface area contributed by atoms with Gasteiger partial charge in [-0.3, -0.25) is 10.1 Å². The molecule has 1 amide bonds. The summed E-state index contributed by atoms with van der Waals surface area (Å²) < 4.78 is 7.17. The van der Waals surface area contributed by atoms with Gasteiger partial charge in [-0.15, -0.1) is 16.4 Å². The van der Waals surface area contributed by atoms with Crippen LogP contribution >= 0.6 is 11.3 Å². The summed E-state index contributed by atoms with van der Waals surface area (Å²) >= 11 is 1.48. The number of thiazole rings is 1. The highest BCUT2D eigenvalue weighted by atomic mass is 32.1. The van der Waals surface area contributed by atoms with E-state index in [9.17, 15) is 4.79 Å². The molecule has 130 valence electrons. The lowest BCUT2D eigenvalue weighted by molar-refractivity contribution is 0.102. The molecular weight excluding hydrogens is 352 g/mol. The number of aromatic nitrogens is 5. The number of nitrogens with zero attached hydrogens (tertiary/aromatic N) is 5. The molecule has 0 unspecified atom stereocenters. The Kier molecular flexibility index (Phi) is 4.05. The number of rotatable bonds is 4. The first kappa shape index (κ1) is 16.2. The minimum absolute atomic E-state index is 0.0162. The Hall–Kier alpha value is -3.33. The number of anilines is 1. The summed E-state index contributed by atoms with van der Waals surface area (Å²) in [5.41, 5.74) is 2.61. The Labute approximate surface area is 152 Å². The first-order valence-electron chi connectivity index (χ1n) is 7.79. The molecule has 3 aromatic heterocycles. The summed E-state index contributed by atoms with van der Waals surface area (Å²) in [5.74, 6) is -0.101. The zero-order chi connectivity index (χ0) is 18.1. The van der Waals surface area contributed by atoms with Gasteiger partial charge in [-0.1, -0.05) is 23.3 Å². The van der Waals surface area contributed by atoms with Crippen molar-refractivity contribution in [2.75, 3.05) is 5.32 Å². The van der Waals surface area contributed by atoms with Crippen molar-refractivity contribution in [2.24, 2.45) is 0 Å². The number of aryl methyl sites for hydroxylation is 1. The fraction of sp³-hybridized carbons (Fsp3) is 0.118. The zero-order valence-corrected chi connectivity index (χ0v) is 14.8. The molecule has 3 heterocycles. The number of hydrogen-bond donors (Lipinski definition) is 1. The summed E-state index contributed by atoms with van der Waals surface area (Å²) in [7, 11) is 0. The zero-order valence-electron chi connectivity index (χ0n) is 14.0. The van der Waals surface area contributed by atoms with Gasteiger partial charge in [0, 0.05) is 5.38 Å². The third-order valence-electron chi connectivity index (χ3n) is 3.74. The molecule has 4 rings (SSSR count). The van der Waals surface area contributed by atoms with Crippen LogP contribution in [0.5, 0.6) is 0 Å². The van der Waals surface area contributed by atoms with Crippen molar-refractivity contribution >= 4 is 23.3 Å². The van der Waals surface area contributed by atoms with Gasteiger partial charge in [0.15, 0.2) is 0 Å². The van der Waals surface area contributed by atoms with Crippen LogP contribution in [0.2, 0.25) is 0 Å². The Balaban J connectivity index is 1.54. The van der Waals surface area contributed by atoms with Crippen molar-refractivity contribution in [1.82, 2.24) is 25.0 Å². The predicted octanol–water partition coefficient (Wildman–Crippen LogP) is 3.25. The van der Waals surface area contributed by atoms with E-state index < -0.39 is 0 Å². The summed E-state index contributed by atoms with van der Waals surface area (Å²) in [4.78, 5) is 16.8.